The van der Waals surface area contributed by atoms with E-state index in [0.29, 0.717) is 34.0 Å². The minimum atomic E-state index is -1.07. The van der Waals surface area contributed by atoms with Crippen LogP contribution in [0.25, 0.3) is 6.08 Å². The molecule has 0 atom stereocenters. The van der Waals surface area contributed by atoms with Gasteiger partial charge in [-0.1, -0.05) is 68.7 Å². The van der Waals surface area contributed by atoms with Gasteiger partial charge in [-0.05, 0) is 71.5 Å². The topological polar surface area (TPSA) is 79.2 Å². The number of carboxylic acid groups (broad SMARTS) is 1. The van der Waals surface area contributed by atoms with Crippen LogP contribution in [0.5, 0.6) is 11.5 Å². The number of halogens is 1. The van der Waals surface area contributed by atoms with E-state index in [1.165, 1.54) is 22.7 Å². The third kappa shape index (κ3) is 5.83. The lowest BCUT2D eigenvalue weighted by atomic mass is 9.87. The number of hydrogen-bond donors (Lipinski definition) is 1. The van der Waals surface area contributed by atoms with E-state index in [0.717, 1.165) is 4.47 Å². The predicted molar refractivity (Wildman–Crippen MR) is 150 cm³/mol. The quantitative estimate of drug-likeness (QED) is 0.313. The van der Waals surface area contributed by atoms with Crippen LogP contribution in [0, 0.1) is 5.92 Å². The highest BCUT2D eigenvalue weighted by Gasteiger charge is 2.33. The van der Waals surface area contributed by atoms with E-state index >= 15 is 0 Å². The van der Waals surface area contributed by atoms with E-state index in [1.807, 2.05) is 44.2 Å². The minimum Gasteiger partial charge on any atom is -0.478 e. The molecule has 1 heterocycles. The molecular weight excluding hydrogens is 532 g/mol. The van der Waals surface area contributed by atoms with Gasteiger partial charge in [0.1, 0.15) is 11.5 Å². The molecule has 0 saturated carbocycles. The molecule has 3 aromatic carbocycles. The molecule has 0 fully saturated rings. The highest BCUT2D eigenvalue weighted by atomic mass is 79.9. The number of carbonyl (C=O) groups is 2. The molecule has 7 heteroatoms. The number of carboxylic acids is 1. The number of carbonyl (C=O) groups excluding carboxylic acids is 1. The SMILES string of the molecule is CC(C)C1=NN(c2cccc(C(=O)O)c2)C(=O)/C1=C\c1cc(Br)ccc1Oc1ccc(C(C)(C)C)cc1. The van der Waals surface area contributed by atoms with E-state index in [2.05, 4.69) is 53.9 Å². The van der Waals surface area contributed by atoms with Gasteiger partial charge in [-0.25, -0.2) is 4.79 Å². The van der Waals surface area contributed by atoms with Crippen molar-refractivity contribution in [3.8, 4) is 11.5 Å². The van der Waals surface area contributed by atoms with Crippen molar-refractivity contribution in [3.05, 3.63) is 93.5 Å². The van der Waals surface area contributed by atoms with Crippen LogP contribution in [0.2, 0.25) is 0 Å². The molecule has 1 amide bonds. The largest absolute Gasteiger partial charge is 0.478 e. The fourth-order valence-corrected chi connectivity index (χ4v) is 4.35. The van der Waals surface area contributed by atoms with Crippen molar-refractivity contribution in [2.45, 2.75) is 40.0 Å². The van der Waals surface area contributed by atoms with Gasteiger partial charge in [-0.3, -0.25) is 4.79 Å². The van der Waals surface area contributed by atoms with E-state index < -0.39 is 5.97 Å². The van der Waals surface area contributed by atoms with Crippen LogP contribution in [0.15, 0.2) is 81.9 Å². The molecular formula is C30H29BrN2O4. The molecule has 190 valence electrons. The van der Waals surface area contributed by atoms with Gasteiger partial charge < -0.3 is 9.84 Å². The number of hydrazone groups is 1. The first-order chi connectivity index (χ1) is 17.4. The van der Waals surface area contributed by atoms with Crippen molar-refractivity contribution < 1.29 is 19.4 Å². The Morgan fingerprint density at radius 2 is 1.76 bits per heavy atom. The maximum atomic E-state index is 13.5. The monoisotopic (exact) mass is 560 g/mol. The Bertz CT molecular complexity index is 1420. The van der Waals surface area contributed by atoms with Crippen molar-refractivity contribution in [2.24, 2.45) is 11.0 Å². The van der Waals surface area contributed by atoms with Crippen molar-refractivity contribution in [3.63, 3.8) is 0 Å². The average molecular weight is 561 g/mol. The Balaban J connectivity index is 1.71. The fraction of sp³-hybridized carbons (Fsp3) is 0.233. The zero-order valence-corrected chi connectivity index (χ0v) is 23.0. The van der Waals surface area contributed by atoms with Crippen LogP contribution in [0.4, 0.5) is 5.69 Å². The zero-order valence-electron chi connectivity index (χ0n) is 21.4. The summed E-state index contributed by atoms with van der Waals surface area (Å²) in [5, 5.41) is 15.2. The van der Waals surface area contributed by atoms with Crippen molar-refractivity contribution >= 4 is 45.3 Å². The number of aromatic carboxylic acids is 1. The lowest BCUT2D eigenvalue weighted by molar-refractivity contribution is -0.114. The highest BCUT2D eigenvalue weighted by molar-refractivity contribution is 9.10. The highest BCUT2D eigenvalue weighted by Crippen LogP contribution is 2.34. The van der Waals surface area contributed by atoms with Crippen molar-refractivity contribution in [1.29, 1.82) is 0 Å². The smallest absolute Gasteiger partial charge is 0.335 e. The molecule has 0 aromatic heterocycles. The fourth-order valence-electron chi connectivity index (χ4n) is 3.97. The lowest BCUT2D eigenvalue weighted by Crippen LogP contribution is -2.22. The van der Waals surface area contributed by atoms with Gasteiger partial charge in [0.2, 0.25) is 0 Å². The number of rotatable bonds is 6. The zero-order chi connectivity index (χ0) is 26.9. The van der Waals surface area contributed by atoms with E-state index in [9.17, 15) is 14.7 Å². The second kappa shape index (κ2) is 10.3. The summed E-state index contributed by atoms with van der Waals surface area (Å²) in [7, 11) is 0. The number of hydrogen-bond acceptors (Lipinski definition) is 4. The molecule has 1 aliphatic rings. The van der Waals surface area contributed by atoms with Gasteiger partial charge in [0, 0.05) is 10.0 Å². The Hall–Kier alpha value is -3.71. The lowest BCUT2D eigenvalue weighted by Gasteiger charge is -2.19. The number of benzene rings is 3. The van der Waals surface area contributed by atoms with Crippen LogP contribution >= 0.6 is 15.9 Å². The molecule has 0 saturated heterocycles. The molecule has 6 nitrogen and oxygen atoms in total. The molecule has 4 rings (SSSR count). The standard InChI is InChI=1S/C30H29BrN2O4/c1-18(2)27-25(28(34)33(32-27)23-8-6-7-19(16-23)29(35)36)17-20-15-22(31)11-14-26(20)37-24-12-9-21(10-13-24)30(3,4)5/h6-18H,1-5H3,(H,35,36)/b25-17-. The van der Waals surface area contributed by atoms with Crippen LogP contribution in [-0.2, 0) is 10.2 Å². The summed E-state index contributed by atoms with van der Waals surface area (Å²) in [5.41, 5.74) is 3.50. The van der Waals surface area contributed by atoms with Gasteiger partial charge in [-0.2, -0.15) is 10.1 Å². The third-order valence-electron chi connectivity index (χ3n) is 6.01. The summed E-state index contributed by atoms with van der Waals surface area (Å²) in [6.45, 7) is 10.4. The van der Waals surface area contributed by atoms with E-state index in [1.54, 1.807) is 18.2 Å². The third-order valence-corrected chi connectivity index (χ3v) is 6.50. The summed E-state index contributed by atoms with van der Waals surface area (Å²) in [5.74, 6) is -0.140. The summed E-state index contributed by atoms with van der Waals surface area (Å²) in [4.78, 5) is 25.0. The summed E-state index contributed by atoms with van der Waals surface area (Å²) in [6.07, 6.45) is 1.78. The molecule has 0 bridgehead atoms. The van der Waals surface area contributed by atoms with Gasteiger partial charge in [0.15, 0.2) is 0 Å². The van der Waals surface area contributed by atoms with Crippen molar-refractivity contribution in [1.82, 2.24) is 0 Å². The summed E-state index contributed by atoms with van der Waals surface area (Å²) >= 11 is 3.53. The number of nitrogens with zero attached hydrogens (tertiary/aromatic N) is 2. The van der Waals surface area contributed by atoms with Gasteiger partial charge in [-0.15, -0.1) is 0 Å². The molecule has 0 spiro atoms. The number of anilines is 1. The van der Waals surface area contributed by atoms with E-state index in [-0.39, 0.29) is 22.8 Å². The molecule has 3 aromatic rings. The molecule has 0 radical (unpaired) electrons. The minimum absolute atomic E-state index is 0.0377. The van der Waals surface area contributed by atoms with E-state index in [4.69, 9.17) is 4.74 Å². The first kappa shape index (κ1) is 26.4. The van der Waals surface area contributed by atoms with Gasteiger partial charge in [0.05, 0.1) is 22.5 Å². The Kier molecular flexibility index (Phi) is 7.37. The Morgan fingerprint density at radius 3 is 2.38 bits per heavy atom. The maximum absolute atomic E-state index is 13.5. The van der Waals surface area contributed by atoms with Crippen LogP contribution in [0.3, 0.4) is 0 Å². The molecule has 1 aliphatic heterocycles. The maximum Gasteiger partial charge on any atom is 0.335 e. The second-order valence-corrected chi connectivity index (χ2v) is 11.1. The summed E-state index contributed by atoms with van der Waals surface area (Å²) in [6, 6.07) is 19.8. The van der Waals surface area contributed by atoms with Gasteiger partial charge in [0.25, 0.3) is 5.91 Å². The first-order valence-electron chi connectivity index (χ1n) is 12.0. The number of ether oxygens (including phenoxy) is 1. The van der Waals surface area contributed by atoms with Gasteiger partial charge >= 0.3 is 5.97 Å². The molecule has 1 N–H and O–H groups in total. The molecule has 0 aliphatic carbocycles. The molecule has 37 heavy (non-hydrogen) atoms. The van der Waals surface area contributed by atoms with Crippen LogP contribution < -0.4 is 9.75 Å². The first-order valence-corrected chi connectivity index (χ1v) is 12.8. The second-order valence-electron chi connectivity index (χ2n) is 10.2. The molecule has 0 unspecified atom stereocenters. The van der Waals surface area contributed by atoms with Crippen LogP contribution in [-0.4, -0.2) is 22.7 Å². The summed E-state index contributed by atoms with van der Waals surface area (Å²) < 4.78 is 7.07. The number of amides is 1. The van der Waals surface area contributed by atoms with Crippen molar-refractivity contribution in [2.75, 3.05) is 5.01 Å². The Labute approximate surface area is 225 Å². The van der Waals surface area contributed by atoms with Crippen LogP contribution in [0.1, 0.15) is 56.1 Å². The Morgan fingerprint density at radius 1 is 1.05 bits per heavy atom. The average Bonchev–Trinajstić information content (AvgIpc) is 3.17. The normalized spacial score (nSPS) is 14.9. The predicted octanol–water partition coefficient (Wildman–Crippen LogP) is 7.68.